The average molecular weight is 464 g/mol. The Morgan fingerprint density at radius 1 is 1.12 bits per heavy atom. The lowest BCUT2D eigenvalue weighted by Crippen LogP contribution is -2.57. The number of ether oxygens (including phenoxy) is 1. The van der Waals surface area contributed by atoms with Crippen molar-refractivity contribution in [3.05, 3.63) is 77.9 Å². The number of benzene rings is 2. The first-order valence-corrected chi connectivity index (χ1v) is 11.6. The van der Waals surface area contributed by atoms with E-state index < -0.39 is 5.54 Å². The number of hydrogen-bond acceptors (Lipinski definition) is 4. The van der Waals surface area contributed by atoms with E-state index in [0.717, 1.165) is 17.2 Å². The summed E-state index contributed by atoms with van der Waals surface area (Å²) in [5, 5.41) is 5.08. The topological polar surface area (TPSA) is 71.5 Å². The molecule has 0 radical (unpaired) electrons. The molecule has 2 heterocycles. The van der Waals surface area contributed by atoms with Crippen LogP contribution < -0.4 is 5.32 Å². The van der Waals surface area contributed by atoms with Gasteiger partial charge in [0.15, 0.2) is 0 Å². The lowest BCUT2D eigenvalue weighted by Gasteiger charge is -2.33. The molecule has 4 rings (SSSR count). The Bertz CT molecular complexity index is 1160. The average Bonchev–Trinajstić information content (AvgIpc) is 3.05. The fourth-order valence-corrected chi connectivity index (χ4v) is 4.41. The van der Waals surface area contributed by atoms with Crippen molar-refractivity contribution in [3.8, 4) is 0 Å². The van der Waals surface area contributed by atoms with Gasteiger partial charge < -0.3 is 15.0 Å². The van der Waals surface area contributed by atoms with Gasteiger partial charge in [-0.25, -0.2) is 4.39 Å². The third kappa shape index (κ3) is 5.97. The smallest absolute Gasteiger partial charge is 0.247 e. The van der Waals surface area contributed by atoms with E-state index in [-0.39, 0.29) is 30.0 Å². The summed E-state index contributed by atoms with van der Waals surface area (Å²) >= 11 is 0. The Hall–Kier alpha value is -3.32. The van der Waals surface area contributed by atoms with Crippen molar-refractivity contribution in [1.82, 2.24) is 15.2 Å². The Kier molecular flexibility index (Phi) is 7.22. The second-order valence-corrected chi connectivity index (χ2v) is 9.43. The number of pyridine rings is 1. The number of amides is 2. The summed E-state index contributed by atoms with van der Waals surface area (Å²) in [5.74, 6) is -0.625. The van der Waals surface area contributed by atoms with Crippen molar-refractivity contribution >= 4 is 22.6 Å². The van der Waals surface area contributed by atoms with Gasteiger partial charge >= 0.3 is 0 Å². The largest absolute Gasteiger partial charge is 0.379 e. The van der Waals surface area contributed by atoms with E-state index >= 15 is 0 Å². The van der Waals surface area contributed by atoms with E-state index in [2.05, 4.69) is 28.5 Å². The van der Waals surface area contributed by atoms with E-state index in [0.29, 0.717) is 31.9 Å². The van der Waals surface area contributed by atoms with Crippen LogP contribution in [0.5, 0.6) is 0 Å². The maximum absolute atomic E-state index is 13.4. The summed E-state index contributed by atoms with van der Waals surface area (Å²) in [6.45, 7) is 5.51. The van der Waals surface area contributed by atoms with Gasteiger partial charge in [0.1, 0.15) is 11.4 Å². The van der Waals surface area contributed by atoms with Crippen molar-refractivity contribution in [2.24, 2.45) is 5.92 Å². The minimum atomic E-state index is -1.07. The van der Waals surface area contributed by atoms with Crippen LogP contribution in [0, 0.1) is 11.7 Å². The van der Waals surface area contributed by atoms with E-state index in [1.165, 1.54) is 17.7 Å². The molecule has 0 spiro atoms. The molecule has 0 aliphatic carbocycles. The van der Waals surface area contributed by atoms with Crippen molar-refractivity contribution in [3.63, 3.8) is 0 Å². The van der Waals surface area contributed by atoms with Gasteiger partial charge in [0, 0.05) is 36.8 Å². The highest BCUT2D eigenvalue weighted by Crippen LogP contribution is 2.20. The van der Waals surface area contributed by atoms with Crippen LogP contribution in [-0.4, -0.2) is 53.5 Å². The van der Waals surface area contributed by atoms with E-state index in [1.54, 1.807) is 37.1 Å². The predicted molar refractivity (Wildman–Crippen MR) is 129 cm³/mol. The number of rotatable bonds is 6. The van der Waals surface area contributed by atoms with Gasteiger partial charge in [0.05, 0.1) is 19.6 Å². The molecule has 2 aromatic carbocycles. The molecule has 6 nitrogen and oxygen atoms in total. The maximum atomic E-state index is 13.4. The minimum Gasteiger partial charge on any atom is -0.379 e. The lowest BCUT2D eigenvalue weighted by atomic mass is 9.96. The molecule has 1 fully saturated rings. The summed E-state index contributed by atoms with van der Waals surface area (Å²) in [5.41, 5.74) is 0.798. The molecule has 1 aromatic heterocycles. The highest BCUT2D eigenvalue weighted by atomic mass is 19.1. The molecule has 34 heavy (non-hydrogen) atoms. The summed E-state index contributed by atoms with van der Waals surface area (Å²) in [6, 6.07) is 14.1. The molecular weight excluding hydrogens is 433 g/mol. The molecular formula is C27H30FN3O3. The van der Waals surface area contributed by atoms with Gasteiger partial charge in [-0.3, -0.25) is 14.6 Å². The van der Waals surface area contributed by atoms with E-state index in [4.69, 9.17) is 4.74 Å². The van der Waals surface area contributed by atoms with Crippen LogP contribution in [0.1, 0.15) is 25.0 Å². The molecule has 3 aromatic rings. The molecule has 7 heteroatoms. The van der Waals surface area contributed by atoms with Crippen LogP contribution in [-0.2, 0) is 27.2 Å². The summed E-state index contributed by atoms with van der Waals surface area (Å²) in [7, 11) is 0. The number of aromatic nitrogens is 1. The van der Waals surface area contributed by atoms with Crippen molar-refractivity contribution in [2.75, 3.05) is 26.3 Å². The van der Waals surface area contributed by atoms with Crippen LogP contribution in [0.25, 0.3) is 10.8 Å². The standard InChI is InChI=1S/C27H30FN3O3/c1-27(2,30-25(32)15-19-4-7-24(28)8-5-19)26(33)31-11-12-34-18-21(17-31)13-20-3-6-22-9-10-29-16-23(22)14-20/h3-10,14,16,21H,11-13,15,17-18H2,1-2H3,(H,30,32)/t21-/m1/s1. The molecule has 1 saturated heterocycles. The monoisotopic (exact) mass is 463 g/mol. The Labute approximate surface area is 199 Å². The first-order valence-electron chi connectivity index (χ1n) is 11.6. The molecule has 1 atom stereocenters. The quantitative estimate of drug-likeness (QED) is 0.607. The first-order chi connectivity index (χ1) is 16.3. The highest BCUT2D eigenvalue weighted by molar-refractivity contribution is 5.91. The fourth-order valence-electron chi connectivity index (χ4n) is 4.41. The highest BCUT2D eigenvalue weighted by Gasteiger charge is 2.35. The third-order valence-corrected chi connectivity index (χ3v) is 6.12. The fraction of sp³-hybridized carbons (Fsp3) is 0.370. The summed E-state index contributed by atoms with van der Waals surface area (Å²) in [4.78, 5) is 31.9. The van der Waals surface area contributed by atoms with Gasteiger partial charge in [-0.1, -0.05) is 24.3 Å². The second-order valence-electron chi connectivity index (χ2n) is 9.43. The Balaban J connectivity index is 1.39. The number of carbonyl (C=O) groups excluding carboxylic acids is 2. The zero-order valence-electron chi connectivity index (χ0n) is 19.6. The van der Waals surface area contributed by atoms with Crippen LogP contribution in [0.4, 0.5) is 4.39 Å². The molecule has 0 bridgehead atoms. The molecule has 178 valence electrons. The number of carbonyl (C=O) groups is 2. The molecule has 1 N–H and O–H groups in total. The molecule has 0 saturated carbocycles. The zero-order valence-corrected chi connectivity index (χ0v) is 19.6. The Morgan fingerprint density at radius 2 is 1.88 bits per heavy atom. The van der Waals surface area contributed by atoms with Crippen molar-refractivity contribution < 1.29 is 18.7 Å². The number of fused-ring (bicyclic) bond motifs is 1. The normalized spacial score (nSPS) is 16.8. The van der Waals surface area contributed by atoms with Gasteiger partial charge in [0.25, 0.3) is 0 Å². The van der Waals surface area contributed by atoms with Gasteiger partial charge in [-0.15, -0.1) is 0 Å². The van der Waals surface area contributed by atoms with Crippen LogP contribution in [0.2, 0.25) is 0 Å². The number of halogens is 1. The van der Waals surface area contributed by atoms with Gasteiger partial charge in [0.2, 0.25) is 11.8 Å². The van der Waals surface area contributed by atoms with Crippen molar-refractivity contribution in [1.29, 1.82) is 0 Å². The number of hydrogen-bond donors (Lipinski definition) is 1. The minimum absolute atomic E-state index is 0.0829. The molecule has 2 amide bonds. The van der Waals surface area contributed by atoms with Gasteiger partial charge in [-0.2, -0.15) is 0 Å². The van der Waals surface area contributed by atoms with Gasteiger partial charge in [-0.05, 0) is 61.0 Å². The second kappa shape index (κ2) is 10.3. The molecule has 0 unspecified atom stereocenters. The molecule has 1 aliphatic heterocycles. The van der Waals surface area contributed by atoms with E-state index in [9.17, 15) is 14.0 Å². The van der Waals surface area contributed by atoms with Crippen LogP contribution >= 0.6 is 0 Å². The predicted octanol–water partition coefficient (Wildman–Crippen LogP) is 3.53. The third-order valence-electron chi connectivity index (χ3n) is 6.12. The van der Waals surface area contributed by atoms with Crippen molar-refractivity contribution in [2.45, 2.75) is 32.2 Å². The Morgan fingerprint density at radius 3 is 2.68 bits per heavy atom. The van der Waals surface area contributed by atoms with Crippen LogP contribution in [0.15, 0.2) is 60.9 Å². The summed E-state index contributed by atoms with van der Waals surface area (Å²) < 4.78 is 18.9. The maximum Gasteiger partial charge on any atom is 0.247 e. The number of nitrogens with one attached hydrogen (secondary N) is 1. The first kappa shape index (κ1) is 23.8. The molecule has 1 aliphatic rings. The zero-order chi connectivity index (χ0) is 24.1. The van der Waals surface area contributed by atoms with E-state index in [1.807, 2.05) is 12.3 Å². The summed E-state index contributed by atoms with van der Waals surface area (Å²) in [6.07, 6.45) is 4.51. The SMILES string of the molecule is CC(C)(NC(=O)Cc1ccc(F)cc1)C(=O)N1CCOC[C@H](Cc2ccc3ccncc3c2)C1. The number of nitrogens with zero attached hydrogens (tertiary/aromatic N) is 2. The lowest BCUT2D eigenvalue weighted by molar-refractivity contribution is -0.140. The van der Waals surface area contributed by atoms with Crippen LogP contribution in [0.3, 0.4) is 0 Å².